The van der Waals surface area contributed by atoms with Gasteiger partial charge in [0.25, 0.3) is 5.56 Å². The molecule has 0 amide bonds. The van der Waals surface area contributed by atoms with E-state index >= 15 is 0 Å². The van der Waals surface area contributed by atoms with E-state index < -0.39 is 5.41 Å². The number of rotatable bonds is 4. The topological polar surface area (TPSA) is 91.7 Å². The highest BCUT2D eigenvalue weighted by Gasteiger charge is 2.26. The first-order valence-electron chi connectivity index (χ1n) is 7.67. The van der Waals surface area contributed by atoms with Crippen LogP contribution in [0.5, 0.6) is 5.88 Å². The van der Waals surface area contributed by atoms with E-state index in [9.17, 15) is 10.1 Å². The molecule has 0 fully saturated rings. The predicted octanol–water partition coefficient (Wildman–Crippen LogP) is 2.50. The van der Waals surface area contributed by atoms with Gasteiger partial charge in [0.15, 0.2) is 5.16 Å². The predicted molar refractivity (Wildman–Crippen MR) is 91.2 cm³/mol. The Kier molecular flexibility index (Phi) is 4.33. The molecule has 124 valence electrons. The van der Waals surface area contributed by atoms with E-state index in [-0.39, 0.29) is 5.56 Å². The molecule has 0 radical (unpaired) electrons. The molecule has 1 aliphatic heterocycles. The van der Waals surface area contributed by atoms with Gasteiger partial charge in [0.1, 0.15) is 0 Å². The summed E-state index contributed by atoms with van der Waals surface area (Å²) in [5.41, 5.74) is 2.62. The maximum Gasteiger partial charge on any atom is 0.258 e. The third-order valence-corrected chi connectivity index (χ3v) is 4.96. The number of H-pyrrole nitrogens is 1. The van der Waals surface area contributed by atoms with Crippen molar-refractivity contribution in [3.05, 3.63) is 45.0 Å². The zero-order valence-electron chi connectivity index (χ0n) is 13.8. The number of hydrogen-bond acceptors (Lipinski definition) is 6. The summed E-state index contributed by atoms with van der Waals surface area (Å²) in [6.07, 6.45) is 2.33. The summed E-state index contributed by atoms with van der Waals surface area (Å²) in [6, 6.07) is 4.23. The Hall–Kier alpha value is -2.33. The first-order valence-corrected chi connectivity index (χ1v) is 8.66. The Morgan fingerprint density at radius 1 is 1.50 bits per heavy atom. The van der Waals surface area contributed by atoms with Gasteiger partial charge in [-0.25, -0.2) is 0 Å². The summed E-state index contributed by atoms with van der Waals surface area (Å²) >= 11 is 1.41. The molecule has 6 nitrogen and oxygen atoms in total. The lowest BCUT2D eigenvalue weighted by molar-refractivity contribution is 0.342. The van der Waals surface area contributed by atoms with Gasteiger partial charge >= 0.3 is 0 Å². The summed E-state index contributed by atoms with van der Waals surface area (Å²) in [4.78, 5) is 23.6. The van der Waals surface area contributed by atoms with E-state index in [1.54, 1.807) is 6.20 Å². The van der Waals surface area contributed by atoms with Crippen LogP contribution in [-0.2, 0) is 17.6 Å². The second-order valence-electron chi connectivity index (χ2n) is 6.23. The molecule has 0 saturated carbocycles. The van der Waals surface area contributed by atoms with Crippen LogP contribution in [0.2, 0.25) is 0 Å². The second-order valence-corrected chi connectivity index (χ2v) is 7.20. The van der Waals surface area contributed by atoms with Gasteiger partial charge in [-0.05, 0) is 38.0 Å². The van der Waals surface area contributed by atoms with E-state index in [2.05, 4.69) is 21.0 Å². The lowest BCUT2D eigenvalue weighted by Gasteiger charge is -2.20. The Morgan fingerprint density at radius 3 is 3.04 bits per heavy atom. The van der Waals surface area contributed by atoms with Crippen molar-refractivity contribution in [1.82, 2.24) is 15.0 Å². The number of thioether (sulfide) groups is 1. The smallest absolute Gasteiger partial charge is 0.258 e. The SMILES string of the molecule is Cc1ccnc(C(C)(C)C#N)c1CSc1nc2c(c(=O)[nH]1)CCO2. The van der Waals surface area contributed by atoms with Gasteiger partial charge in [-0.15, -0.1) is 0 Å². The number of ether oxygens (including phenoxy) is 1. The molecule has 0 unspecified atom stereocenters. The van der Waals surface area contributed by atoms with Crippen molar-refractivity contribution in [2.45, 2.75) is 43.5 Å². The minimum absolute atomic E-state index is 0.138. The van der Waals surface area contributed by atoms with Crippen molar-refractivity contribution in [1.29, 1.82) is 5.26 Å². The van der Waals surface area contributed by atoms with E-state index in [4.69, 9.17) is 4.74 Å². The molecule has 1 aliphatic rings. The van der Waals surface area contributed by atoms with Gasteiger partial charge in [-0.3, -0.25) is 9.78 Å². The van der Waals surface area contributed by atoms with Gasteiger partial charge in [0.05, 0.1) is 29.3 Å². The zero-order valence-corrected chi connectivity index (χ0v) is 14.7. The monoisotopic (exact) mass is 342 g/mol. The van der Waals surface area contributed by atoms with Gasteiger partial charge in [-0.1, -0.05) is 11.8 Å². The molecular formula is C17H18N4O2S. The summed E-state index contributed by atoms with van der Waals surface area (Å²) in [5.74, 6) is 1.00. The number of fused-ring (bicyclic) bond motifs is 1. The molecule has 0 spiro atoms. The van der Waals surface area contributed by atoms with Crippen molar-refractivity contribution in [3.8, 4) is 11.9 Å². The third kappa shape index (κ3) is 3.02. The molecule has 0 saturated heterocycles. The second kappa shape index (κ2) is 6.29. The first kappa shape index (κ1) is 16.5. The Morgan fingerprint density at radius 2 is 2.29 bits per heavy atom. The molecule has 1 N–H and O–H groups in total. The summed E-state index contributed by atoms with van der Waals surface area (Å²) < 4.78 is 5.39. The standard InChI is InChI=1S/C17H18N4O2S/c1-10-4-6-19-13(17(2,3)9-18)12(10)8-24-16-20-14(22)11-5-7-23-15(11)21-16/h4,6H,5,7-8H2,1-3H3,(H,20,21,22). The molecule has 7 heteroatoms. The molecule has 0 aromatic carbocycles. The molecule has 2 aromatic rings. The van der Waals surface area contributed by atoms with Crippen molar-refractivity contribution in [2.24, 2.45) is 0 Å². The number of aromatic nitrogens is 3. The number of aromatic amines is 1. The average Bonchev–Trinajstić information content (AvgIpc) is 3.02. The van der Waals surface area contributed by atoms with Gasteiger partial charge in [-0.2, -0.15) is 10.2 Å². The van der Waals surface area contributed by atoms with E-state index in [1.807, 2.05) is 26.8 Å². The van der Waals surface area contributed by atoms with Gasteiger partial charge in [0, 0.05) is 18.4 Å². The fraction of sp³-hybridized carbons (Fsp3) is 0.412. The molecule has 3 heterocycles. The van der Waals surface area contributed by atoms with Gasteiger partial charge < -0.3 is 9.72 Å². The Bertz CT molecular complexity index is 883. The van der Waals surface area contributed by atoms with E-state index in [0.29, 0.717) is 35.4 Å². The maximum atomic E-state index is 12.0. The van der Waals surface area contributed by atoms with Crippen LogP contribution in [0.25, 0.3) is 0 Å². The van der Waals surface area contributed by atoms with E-state index in [0.717, 1.165) is 16.8 Å². The van der Waals surface area contributed by atoms with E-state index in [1.165, 1.54) is 11.8 Å². The number of hydrogen-bond donors (Lipinski definition) is 1. The average molecular weight is 342 g/mol. The molecule has 24 heavy (non-hydrogen) atoms. The van der Waals surface area contributed by atoms with Crippen LogP contribution in [0.1, 0.15) is 36.2 Å². The highest BCUT2D eigenvalue weighted by atomic mass is 32.2. The fourth-order valence-corrected chi connectivity index (χ4v) is 3.58. The van der Waals surface area contributed by atoms with Crippen LogP contribution in [0.3, 0.4) is 0 Å². The molecule has 3 rings (SSSR count). The Labute approximate surface area is 144 Å². The maximum absolute atomic E-state index is 12.0. The van der Waals surface area contributed by atoms with Crippen molar-refractivity contribution < 1.29 is 4.74 Å². The molecule has 0 atom stereocenters. The normalized spacial score (nSPS) is 13.2. The molecule has 2 aromatic heterocycles. The van der Waals surface area contributed by atoms with Crippen LogP contribution in [0.4, 0.5) is 0 Å². The molecule has 0 bridgehead atoms. The van der Waals surface area contributed by atoms with Crippen LogP contribution < -0.4 is 10.3 Å². The van der Waals surface area contributed by atoms with Crippen molar-refractivity contribution >= 4 is 11.8 Å². The largest absolute Gasteiger partial charge is 0.477 e. The minimum atomic E-state index is -0.677. The number of nitrogens with one attached hydrogen (secondary N) is 1. The van der Waals surface area contributed by atoms with Crippen LogP contribution in [0.15, 0.2) is 22.2 Å². The number of nitrogens with zero attached hydrogens (tertiary/aromatic N) is 3. The number of aryl methyl sites for hydroxylation is 1. The Balaban J connectivity index is 1.90. The minimum Gasteiger partial charge on any atom is -0.477 e. The van der Waals surface area contributed by atoms with Gasteiger partial charge in [0.2, 0.25) is 5.88 Å². The summed E-state index contributed by atoms with van der Waals surface area (Å²) in [6.45, 7) is 6.21. The third-order valence-electron chi connectivity index (χ3n) is 4.06. The summed E-state index contributed by atoms with van der Waals surface area (Å²) in [5, 5.41) is 9.94. The first-order chi connectivity index (χ1) is 11.4. The highest BCUT2D eigenvalue weighted by molar-refractivity contribution is 7.98. The van der Waals surface area contributed by atoms with Crippen molar-refractivity contribution in [3.63, 3.8) is 0 Å². The zero-order chi connectivity index (χ0) is 17.3. The fourth-order valence-electron chi connectivity index (χ4n) is 2.62. The molecule has 0 aliphatic carbocycles. The van der Waals surface area contributed by atoms with Crippen molar-refractivity contribution in [2.75, 3.05) is 6.61 Å². The lowest BCUT2D eigenvalue weighted by Crippen LogP contribution is -2.19. The summed E-state index contributed by atoms with van der Waals surface area (Å²) in [7, 11) is 0. The quantitative estimate of drug-likeness (QED) is 0.678. The number of pyridine rings is 1. The van der Waals surface area contributed by atoms with Crippen LogP contribution in [0, 0.1) is 18.3 Å². The number of nitriles is 1. The lowest BCUT2D eigenvalue weighted by atomic mass is 9.87. The highest BCUT2D eigenvalue weighted by Crippen LogP contribution is 2.31. The molecular weight excluding hydrogens is 324 g/mol. The van der Waals surface area contributed by atoms with Crippen LogP contribution >= 0.6 is 11.8 Å². The van der Waals surface area contributed by atoms with Crippen LogP contribution in [-0.4, -0.2) is 21.6 Å².